The Labute approximate surface area is 95.6 Å². The first-order valence-corrected chi connectivity index (χ1v) is 5.86. The van der Waals surface area contributed by atoms with E-state index in [1.165, 1.54) is 6.07 Å². The lowest BCUT2D eigenvalue weighted by atomic mass is 9.94. The van der Waals surface area contributed by atoms with Crippen molar-refractivity contribution in [1.82, 2.24) is 0 Å². The van der Waals surface area contributed by atoms with Gasteiger partial charge < -0.3 is 10.5 Å². The van der Waals surface area contributed by atoms with Crippen molar-refractivity contribution in [3.8, 4) is 0 Å². The van der Waals surface area contributed by atoms with Crippen LogP contribution in [0.25, 0.3) is 0 Å². The Morgan fingerprint density at radius 3 is 2.56 bits per heavy atom. The second-order valence-corrected chi connectivity index (χ2v) is 4.44. The highest BCUT2D eigenvalue weighted by Crippen LogP contribution is 2.21. The summed E-state index contributed by atoms with van der Waals surface area (Å²) in [7, 11) is 0. The van der Waals surface area contributed by atoms with Crippen LogP contribution >= 0.6 is 0 Å². The van der Waals surface area contributed by atoms with Crippen molar-refractivity contribution in [3.05, 3.63) is 35.6 Å². The molecule has 88 valence electrons. The van der Waals surface area contributed by atoms with Gasteiger partial charge in [0.2, 0.25) is 0 Å². The fourth-order valence-corrected chi connectivity index (χ4v) is 2.08. The molecular formula is C13H18FNO. The summed E-state index contributed by atoms with van der Waals surface area (Å²) in [5.41, 5.74) is 6.45. The maximum atomic E-state index is 13.3. The normalized spacial score (nSPS) is 25.6. The minimum atomic E-state index is -0.185. The standard InChI is InChI=1S/C13H18FNO/c14-13-4-2-1-3-10(13)9-16-12-7-5-11(15)6-8-12/h1-4,11-12H,5-9,15H2. The molecule has 0 amide bonds. The molecule has 16 heavy (non-hydrogen) atoms. The molecule has 1 aromatic rings. The average Bonchev–Trinajstić information content (AvgIpc) is 2.30. The number of hydrogen-bond donors (Lipinski definition) is 1. The highest BCUT2D eigenvalue weighted by atomic mass is 19.1. The van der Waals surface area contributed by atoms with Crippen LogP contribution in [0.4, 0.5) is 4.39 Å². The zero-order valence-corrected chi connectivity index (χ0v) is 9.36. The van der Waals surface area contributed by atoms with Crippen LogP contribution in [-0.4, -0.2) is 12.1 Å². The van der Waals surface area contributed by atoms with Crippen molar-refractivity contribution >= 4 is 0 Å². The molecule has 1 aliphatic rings. The van der Waals surface area contributed by atoms with Crippen LogP contribution in [0.5, 0.6) is 0 Å². The van der Waals surface area contributed by atoms with E-state index in [2.05, 4.69) is 0 Å². The number of benzene rings is 1. The molecule has 2 nitrogen and oxygen atoms in total. The second kappa shape index (κ2) is 5.41. The van der Waals surface area contributed by atoms with E-state index in [-0.39, 0.29) is 11.9 Å². The van der Waals surface area contributed by atoms with Gasteiger partial charge in [-0.15, -0.1) is 0 Å². The molecule has 1 fully saturated rings. The minimum Gasteiger partial charge on any atom is -0.373 e. The monoisotopic (exact) mass is 223 g/mol. The molecule has 0 saturated heterocycles. The Bertz CT molecular complexity index is 334. The zero-order valence-electron chi connectivity index (χ0n) is 9.36. The maximum Gasteiger partial charge on any atom is 0.128 e. The van der Waals surface area contributed by atoms with Crippen LogP contribution in [0.1, 0.15) is 31.2 Å². The molecule has 0 atom stereocenters. The third-order valence-corrected chi connectivity index (χ3v) is 3.15. The summed E-state index contributed by atoms with van der Waals surface area (Å²) >= 11 is 0. The van der Waals surface area contributed by atoms with Crippen LogP contribution < -0.4 is 5.73 Å². The van der Waals surface area contributed by atoms with Crippen LogP contribution in [0.2, 0.25) is 0 Å². The van der Waals surface area contributed by atoms with E-state index in [4.69, 9.17) is 10.5 Å². The predicted molar refractivity (Wildman–Crippen MR) is 61.4 cm³/mol. The highest BCUT2D eigenvalue weighted by Gasteiger charge is 2.19. The first kappa shape index (κ1) is 11.6. The second-order valence-electron chi connectivity index (χ2n) is 4.44. The zero-order chi connectivity index (χ0) is 11.4. The molecular weight excluding hydrogens is 205 g/mol. The molecule has 1 saturated carbocycles. The van der Waals surface area contributed by atoms with Gasteiger partial charge in [0.1, 0.15) is 5.82 Å². The summed E-state index contributed by atoms with van der Waals surface area (Å²) < 4.78 is 19.0. The summed E-state index contributed by atoms with van der Waals surface area (Å²) in [5.74, 6) is -0.185. The van der Waals surface area contributed by atoms with Gasteiger partial charge in [-0.1, -0.05) is 18.2 Å². The fourth-order valence-electron chi connectivity index (χ4n) is 2.08. The van der Waals surface area contributed by atoms with Gasteiger partial charge in [0.15, 0.2) is 0 Å². The van der Waals surface area contributed by atoms with Crippen molar-refractivity contribution in [2.24, 2.45) is 5.73 Å². The maximum absolute atomic E-state index is 13.3. The molecule has 0 bridgehead atoms. The Morgan fingerprint density at radius 2 is 1.88 bits per heavy atom. The van der Waals surface area contributed by atoms with E-state index in [1.54, 1.807) is 12.1 Å². The Hall–Kier alpha value is -0.930. The summed E-state index contributed by atoms with van der Waals surface area (Å²) in [6, 6.07) is 7.09. The predicted octanol–water partition coefficient (Wildman–Crippen LogP) is 2.61. The van der Waals surface area contributed by atoms with Gasteiger partial charge in [-0.25, -0.2) is 4.39 Å². The molecule has 0 radical (unpaired) electrons. The Morgan fingerprint density at radius 1 is 1.19 bits per heavy atom. The lowest BCUT2D eigenvalue weighted by molar-refractivity contribution is 0.0126. The van der Waals surface area contributed by atoms with E-state index < -0.39 is 0 Å². The quantitative estimate of drug-likeness (QED) is 0.855. The van der Waals surface area contributed by atoms with Crippen molar-refractivity contribution in [2.45, 2.75) is 44.4 Å². The third-order valence-electron chi connectivity index (χ3n) is 3.15. The Balaban J connectivity index is 1.81. The van der Waals surface area contributed by atoms with Crippen LogP contribution in [0.3, 0.4) is 0 Å². The molecule has 0 aliphatic heterocycles. The van der Waals surface area contributed by atoms with Crippen molar-refractivity contribution in [2.75, 3.05) is 0 Å². The first-order valence-electron chi connectivity index (χ1n) is 5.86. The van der Waals surface area contributed by atoms with Gasteiger partial charge in [0.05, 0.1) is 12.7 Å². The molecule has 0 heterocycles. The number of halogens is 1. The summed E-state index contributed by atoms with van der Waals surface area (Å²) in [6.45, 7) is 0.368. The average molecular weight is 223 g/mol. The number of nitrogens with two attached hydrogens (primary N) is 1. The molecule has 3 heteroatoms. The largest absolute Gasteiger partial charge is 0.373 e. The molecule has 1 aromatic carbocycles. The van der Waals surface area contributed by atoms with E-state index in [0.717, 1.165) is 25.7 Å². The highest BCUT2D eigenvalue weighted by molar-refractivity contribution is 5.16. The van der Waals surface area contributed by atoms with Crippen LogP contribution in [-0.2, 0) is 11.3 Å². The van der Waals surface area contributed by atoms with E-state index >= 15 is 0 Å². The smallest absolute Gasteiger partial charge is 0.128 e. The third kappa shape index (κ3) is 3.03. The molecule has 1 aliphatic carbocycles. The summed E-state index contributed by atoms with van der Waals surface area (Å²) in [4.78, 5) is 0. The molecule has 0 spiro atoms. The first-order chi connectivity index (χ1) is 7.75. The van der Waals surface area contributed by atoms with Gasteiger partial charge in [0, 0.05) is 11.6 Å². The SMILES string of the molecule is NC1CCC(OCc2ccccc2F)CC1. The number of hydrogen-bond acceptors (Lipinski definition) is 2. The van der Waals surface area contributed by atoms with Crippen LogP contribution in [0.15, 0.2) is 24.3 Å². The molecule has 0 unspecified atom stereocenters. The molecule has 0 aromatic heterocycles. The fraction of sp³-hybridized carbons (Fsp3) is 0.538. The van der Waals surface area contributed by atoms with Crippen molar-refractivity contribution in [3.63, 3.8) is 0 Å². The van der Waals surface area contributed by atoms with E-state index in [0.29, 0.717) is 18.2 Å². The lowest BCUT2D eigenvalue weighted by Crippen LogP contribution is -2.30. The summed E-state index contributed by atoms with van der Waals surface area (Å²) in [6.07, 6.45) is 4.27. The van der Waals surface area contributed by atoms with E-state index in [9.17, 15) is 4.39 Å². The van der Waals surface area contributed by atoms with Crippen LogP contribution in [0, 0.1) is 5.82 Å². The Kier molecular flexibility index (Phi) is 3.91. The summed E-state index contributed by atoms with van der Waals surface area (Å²) in [5, 5.41) is 0. The van der Waals surface area contributed by atoms with Gasteiger partial charge in [-0.3, -0.25) is 0 Å². The molecule has 2 rings (SSSR count). The van der Waals surface area contributed by atoms with E-state index in [1.807, 2.05) is 6.07 Å². The minimum absolute atomic E-state index is 0.185. The number of ether oxygens (including phenoxy) is 1. The van der Waals surface area contributed by atoms with Gasteiger partial charge in [-0.05, 0) is 31.7 Å². The van der Waals surface area contributed by atoms with Gasteiger partial charge in [0.25, 0.3) is 0 Å². The lowest BCUT2D eigenvalue weighted by Gasteiger charge is -2.26. The van der Waals surface area contributed by atoms with Crippen molar-refractivity contribution < 1.29 is 9.13 Å². The number of rotatable bonds is 3. The molecule has 2 N–H and O–H groups in total. The topological polar surface area (TPSA) is 35.2 Å². The van der Waals surface area contributed by atoms with Gasteiger partial charge >= 0.3 is 0 Å². The van der Waals surface area contributed by atoms with Crippen molar-refractivity contribution in [1.29, 1.82) is 0 Å². The van der Waals surface area contributed by atoms with Gasteiger partial charge in [-0.2, -0.15) is 0 Å².